The summed E-state index contributed by atoms with van der Waals surface area (Å²) in [4.78, 5) is 4.30. The first-order valence-corrected chi connectivity index (χ1v) is 6.42. The molecule has 0 saturated carbocycles. The minimum Gasteiger partial charge on any atom is -0.384 e. The van der Waals surface area contributed by atoms with Crippen molar-refractivity contribution in [2.45, 2.75) is 27.2 Å². The van der Waals surface area contributed by atoms with E-state index in [4.69, 9.17) is 11.6 Å². The molecule has 18 heavy (non-hydrogen) atoms. The molecule has 1 heterocycles. The molecule has 0 bridgehead atoms. The van der Waals surface area contributed by atoms with E-state index >= 15 is 0 Å². The first-order valence-electron chi connectivity index (χ1n) is 6.05. The molecule has 0 aliphatic rings. The van der Waals surface area contributed by atoms with Gasteiger partial charge in [-0.2, -0.15) is 0 Å². The molecule has 0 saturated heterocycles. The third kappa shape index (κ3) is 2.15. The van der Waals surface area contributed by atoms with Gasteiger partial charge < -0.3 is 5.32 Å². The molecule has 0 aliphatic carbocycles. The molecule has 0 amide bonds. The molecule has 0 aliphatic heterocycles. The number of benzene rings is 1. The summed E-state index contributed by atoms with van der Waals surface area (Å²) in [6.07, 6.45) is 1.01. The van der Waals surface area contributed by atoms with Gasteiger partial charge in [-0.1, -0.05) is 18.5 Å². The summed E-state index contributed by atoms with van der Waals surface area (Å²) in [7, 11) is 0. The lowest BCUT2D eigenvalue weighted by atomic mass is 10.1. The number of nitrogens with one attached hydrogen (secondary N) is 1. The zero-order valence-electron chi connectivity index (χ0n) is 10.8. The Morgan fingerprint density at radius 3 is 2.72 bits per heavy atom. The van der Waals surface area contributed by atoms with E-state index in [0.29, 0.717) is 5.52 Å². The van der Waals surface area contributed by atoms with Crippen molar-refractivity contribution < 1.29 is 4.39 Å². The molecule has 0 fully saturated rings. The molecule has 0 radical (unpaired) electrons. The molecule has 4 heteroatoms. The predicted molar refractivity (Wildman–Crippen MR) is 75.0 cm³/mol. The number of pyridine rings is 1. The van der Waals surface area contributed by atoms with E-state index in [2.05, 4.69) is 17.2 Å². The van der Waals surface area contributed by atoms with Crippen LogP contribution in [0.5, 0.6) is 0 Å². The molecule has 0 spiro atoms. The Balaban J connectivity index is 2.73. The van der Waals surface area contributed by atoms with Crippen LogP contribution in [0.3, 0.4) is 0 Å². The average molecular weight is 267 g/mol. The Morgan fingerprint density at radius 2 is 2.06 bits per heavy atom. The molecule has 96 valence electrons. The number of fused-ring (bicyclic) bond motifs is 1. The van der Waals surface area contributed by atoms with E-state index < -0.39 is 5.82 Å². The fourth-order valence-corrected chi connectivity index (χ4v) is 2.12. The summed E-state index contributed by atoms with van der Waals surface area (Å²) >= 11 is 5.80. The van der Waals surface area contributed by atoms with Gasteiger partial charge in [-0.15, -0.1) is 0 Å². The summed E-state index contributed by atoms with van der Waals surface area (Å²) in [6, 6.07) is 3.39. The number of rotatable bonds is 3. The highest BCUT2D eigenvalue weighted by atomic mass is 35.5. The molecule has 1 N–H and O–H groups in total. The SMILES string of the molecule is CCCNc1c(C)c(C)nc2c(F)c(Cl)ccc12. The number of hydrogen-bond acceptors (Lipinski definition) is 2. The number of aryl methyl sites for hydroxylation is 1. The highest BCUT2D eigenvalue weighted by molar-refractivity contribution is 6.31. The quantitative estimate of drug-likeness (QED) is 0.887. The normalized spacial score (nSPS) is 10.9. The number of aromatic nitrogens is 1. The van der Waals surface area contributed by atoms with Crippen LogP contribution in [-0.2, 0) is 0 Å². The second kappa shape index (κ2) is 5.11. The van der Waals surface area contributed by atoms with Crippen molar-refractivity contribution in [1.82, 2.24) is 4.98 Å². The summed E-state index contributed by atoms with van der Waals surface area (Å²) in [6.45, 7) is 6.82. The third-order valence-electron chi connectivity index (χ3n) is 3.09. The van der Waals surface area contributed by atoms with Crippen LogP contribution in [0.2, 0.25) is 5.02 Å². The molecule has 2 aromatic rings. The Hall–Kier alpha value is -1.35. The topological polar surface area (TPSA) is 24.9 Å². The highest BCUT2D eigenvalue weighted by Crippen LogP contribution is 2.31. The van der Waals surface area contributed by atoms with E-state index in [1.54, 1.807) is 6.07 Å². The minimum absolute atomic E-state index is 0.111. The summed E-state index contributed by atoms with van der Waals surface area (Å²) in [5.41, 5.74) is 3.17. The highest BCUT2D eigenvalue weighted by Gasteiger charge is 2.14. The molecule has 2 rings (SSSR count). The molecular weight excluding hydrogens is 251 g/mol. The van der Waals surface area contributed by atoms with Gasteiger partial charge >= 0.3 is 0 Å². The van der Waals surface area contributed by atoms with Gasteiger partial charge in [-0.05, 0) is 38.0 Å². The van der Waals surface area contributed by atoms with Gasteiger partial charge in [-0.25, -0.2) is 9.37 Å². The van der Waals surface area contributed by atoms with Crippen molar-refractivity contribution in [2.24, 2.45) is 0 Å². The van der Waals surface area contributed by atoms with E-state index in [-0.39, 0.29) is 5.02 Å². The third-order valence-corrected chi connectivity index (χ3v) is 3.38. The summed E-state index contributed by atoms with van der Waals surface area (Å²) < 4.78 is 14.0. The lowest BCUT2D eigenvalue weighted by molar-refractivity contribution is 0.637. The number of nitrogens with zero attached hydrogens (tertiary/aromatic N) is 1. The zero-order valence-corrected chi connectivity index (χ0v) is 11.5. The Kier molecular flexibility index (Phi) is 3.71. The maximum atomic E-state index is 14.0. The molecule has 0 unspecified atom stereocenters. The molecule has 1 aromatic heterocycles. The van der Waals surface area contributed by atoms with Crippen LogP contribution in [-0.4, -0.2) is 11.5 Å². The molecule has 1 aromatic carbocycles. The van der Waals surface area contributed by atoms with Crippen molar-refractivity contribution in [3.05, 3.63) is 34.2 Å². The van der Waals surface area contributed by atoms with Gasteiger partial charge in [-0.3, -0.25) is 0 Å². The van der Waals surface area contributed by atoms with Gasteiger partial charge in [0.05, 0.1) is 5.02 Å². The first-order chi connectivity index (χ1) is 8.56. The number of anilines is 1. The van der Waals surface area contributed by atoms with Gasteiger partial charge in [0.1, 0.15) is 5.52 Å². The van der Waals surface area contributed by atoms with Gasteiger partial charge in [0.25, 0.3) is 0 Å². The standard InChI is InChI=1S/C14H16ClFN2/c1-4-7-17-13-8(2)9(3)18-14-10(13)5-6-11(15)12(14)16/h5-6H,4,7H2,1-3H3,(H,17,18). The molecule has 2 nitrogen and oxygen atoms in total. The monoisotopic (exact) mass is 266 g/mol. The van der Waals surface area contributed by atoms with E-state index in [1.165, 1.54) is 0 Å². The smallest absolute Gasteiger partial charge is 0.168 e. The van der Waals surface area contributed by atoms with Crippen LogP contribution < -0.4 is 5.32 Å². The fraction of sp³-hybridized carbons (Fsp3) is 0.357. The van der Waals surface area contributed by atoms with Crippen molar-refractivity contribution in [2.75, 3.05) is 11.9 Å². The van der Waals surface area contributed by atoms with Crippen molar-refractivity contribution in [3.63, 3.8) is 0 Å². The predicted octanol–water partition coefficient (Wildman–Crippen LogP) is 4.47. The van der Waals surface area contributed by atoms with Crippen LogP contribution in [0.15, 0.2) is 12.1 Å². The lowest BCUT2D eigenvalue weighted by Crippen LogP contribution is -2.05. The maximum absolute atomic E-state index is 14.0. The Morgan fingerprint density at radius 1 is 1.33 bits per heavy atom. The van der Waals surface area contributed by atoms with Gasteiger partial charge in [0.2, 0.25) is 0 Å². The second-order valence-corrected chi connectivity index (χ2v) is 4.79. The Bertz CT molecular complexity index is 596. The van der Waals surface area contributed by atoms with Crippen LogP contribution in [0.25, 0.3) is 10.9 Å². The van der Waals surface area contributed by atoms with Crippen LogP contribution in [0, 0.1) is 19.7 Å². The minimum atomic E-state index is -0.447. The second-order valence-electron chi connectivity index (χ2n) is 4.38. The van der Waals surface area contributed by atoms with Crippen LogP contribution in [0.4, 0.5) is 10.1 Å². The maximum Gasteiger partial charge on any atom is 0.168 e. The van der Waals surface area contributed by atoms with E-state index in [1.807, 2.05) is 19.9 Å². The van der Waals surface area contributed by atoms with Crippen LogP contribution in [0.1, 0.15) is 24.6 Å². The van der Waals surface area contributed by atoms with Crippen LogP contribution >= 0.6 is 11.6 Å². The average Bonchev–Trinajstić information content (AvgIpc) is 2.35. The van der Waals surface area contributed by atoms with Gasteiger partial charge in [0, 0.05) is 23.3 Å². The fourth-order valence-electron chi connectivity index (χ4n) is 1.96. The largest absolute Gasteiger partial charge is 0.384 e. The molecule has 0 atom stereocenters. The van der Waals surface area contributed by atoms with Gasteiger partial charge in [0.15, 0.2) is 5.82 Å². The summed E-state index contributed by atoms with van der Waals surface area (Å²) in [5, 5.41) is 4.24. The number of hydrogen-bond donors (Lipinski definition) is 1. The van der Waals surface area contributed by atoms with E-state index in [0.717, 1.165) is 35.3 Å². The number of halogens is 2. The first kappa shape index (κ1) is 13.1. The van der Waals surface area contributed by atoms with Crippen molar-refractivity contribution in [3.8, 4) is 0 Å². The lowest BCUT2D eigenvalue weighted by Gasteiger charge is -2.14. The van der Waals surface area contributed by atoms with Crippen molar-refractivity contribution in [1.29, 1.82) is 0 Å². The Labute approximate surface area is 111 Å². The molecular formula is C14H16ClFN2. The van der Waals surface area contributed by atoms with E-state index in [9.17, 15) is 4.39 Å². The zero-order chi connectivity index (χ0) is 13.3. The summed E-state index contributed by atoms with van der Waals surface area (Å²) in [5.74, 6) is -0.447. The van der Waals surface area contributed by atoms with Crippen molar-refractivity contribution >= 4 is 28.2 Å².